The van der Waals surface area contributed by atoms with Crippen LogP contribution in [0.5, 0.6) is 0 Å². The van der Waals surface area contributed by atoms with Crippen LogP contribution < -0.4 is 10.6 Å². The van der Waals surface area contributed by atoms with E-state index in [2.05, 4.69) is 22.7 Å². The molecule has 2 unspecified atom stereocenters. The molecule has 0 aliphatic carbocycles. The van der Waals surface area contributed by atoms with Gasteiger partial charge in [-0.05, 0) is 37.6 Å². The molecule has 7 heteroatoms. The van der Waals surface area contributed by atoms with Gasteiger partial charge < -0.3 is 15.2 Å². The summed E-state index contributed by atoms with van der Waals surface area (Å²) in [5.74, 6) is 0.784. The number of amides is 1. The van der Waals surface area contributed by atoms with E-state index in [1.54, 1.807) is 12.1 Å². The number of carbonyl (C=O) groups is 1. The SMILES string of the molecule is CC1CNCCC1NC(=O)c1cc(-c2ccc(Cl)s2)on1. The van der Waals surface area contributed by atoms with Crippen molar-refractivity contribution in [1.29, 1.82) is 0 Å². The van der Waals surface area contributed by atoms with Gasteiger partial charge >= 0.3 is 0 Å². The molecule has 3 heterocycles. The second-order valence-corrected chi connectivity index (χ2v) is 6.95. The number of thiophene rings is 1. The van der Waals surface area contributed by atoms with Crippen molar-refractivity contribution in [3.8, 4) is 10.6 Å². The molecule has 1 aliphatic heterocycles. The van der Waals surface area contributed by atoms with Crippen LogP contribution in [0.1, 0.15) is 23.8 Å². The van der Waals surface area contributed by atoms with Gasteiger partial charge in [-0.1, -0.05) is 23.7 Å². The summed E-state index contributed by atoms with van der Waals surface area (Å²) < 4.78 is 5.91. The molecule has 0 aromatic carbocycles. The van der Waals surface area contributed by atoms with Crippen molar-refractivity contribution in [2.75, 3.05) is 13.1 Å². The minimum Gasteiger partial charge on any atom is -0.355 e. The third kappa shape index (κ3) is 3.28. The first-order valence-electron chi connectivity index (χ1n) is 6.87. The van der Waals surface area contributed by atoms with E-state index in [-0.39, 0.29) is 11.9 Å². The van der Waals surface area contributed by atoms with Crippen molar-refractivity contribution >= 4 is 28.8 Å². The van der Waals surface area contributed by atoms with Crippen molar-refractivity contribution < 1.29 is 9.32 Å². The number of hydrogen-bond donors (Lipinski definition) is 2. The normalized spacial score (nSPS) is 22.2. The molecule has 21 heavy (non-hydrogen) atoms. The maximum atomic E-state index is 12.2. The lowest BCUT2D eigenvalue weighted by Crippen LogP contribution is -2.48. The van der Waals surface area contributed by atoms with Crippen molar-refractivity contribution in [2.45, 2.75) is 19.4 Å². The maximum absolute atomic E-state index is 12.2. The van der Waals surface area contributed by atoms with E-state index >= 15 is 0 Å². The highest BCUT2D eigenvalue weighted by atomic mass is 35.5. The fraction of sp³-hybridized carbons (Fsp3) is 0.429. The zero-order chi connectivity index (χ0) is 14.8. The Balaban J connectivity index is 1.69. The van der Waals surface area contributed by atoms with Gasteiger partial charge in [0.1, 0.15) is 0 Å². The Hall–Kier alpha value is -1.37. The molecule has 1 saturated heterocycles. The highest BCUT2D eigenvalue weighted by Gasteiger charge is 2.24. The van der Waals surface area contributed by atoms with Crippen LogP contribution in [0.2, 0.25) is 4.34 Å². The Kier molecular flexibility index (Phi) is 4.28. The lowest BCUT2D eigenvalue weighted by Gasteiger charge is -2.29. The lowest BCUT2D eigenvalue weighted by atomic mass is 9.95. The van der Waals surface area contributed by atoms with Crippen LogP contribution in [0, 0.1) is 5.92 Å². The topological polar surface area (TPSA) is 67.2 Å². The summed E-state index contributed by atoms with van der Waals surface area (Å²) in [6.45, 7) is 3.97. The predicted octanol–water partition coefficient (Wildman–Crippen LogP) is 2.78. The second-order valence-electron chi connectivity index (χ2n) is 5.23. The van der Waals surface area contributed by atoms with Crippen LogP contribution >= 0.6 is 22.9 Å². The highest BCUT2D eigenvalue weighted by molar-refractivity contribution is 7.19. The molecule has 2 aromatic rings. The summed E-state index contributed by atoms with van der Waals surface area (Å²) in [4.78, 5) is 13.1. The molecule has 1 amide bonds. The van der Waals surface area contributed by atoms with Gasteiger partial charge in [0, 0.05) is 12.1 Å². The van der Waals surface area contributed by atoms with Crippen molar-refractivity contribution in [1.82, 2.24) is 15.8 Å². The van der Waals surface area contributed by atoms with Crippen LogP contribution in [0.15, 0.2) is 22.7 Å². The van der Waals surface area contributed by atoms with Crippen molar-refractivity contribution in [3.05, 3.63) is 28.2 Å². The van der Waals surface area contributed by atoms with E-state index < -0.39 is 0 Å². The Bertz CT molecular complexity index is 640. The van der Waals surface area contributed by atoms with Gasteiger partial charge in [0.15, 0.2) is 11.5 Å². The standard InChI is InChI=1S/C14H16ClN3O2S/c1-8-7-16-5-4-9(8)17-14(19)10-6-11(20-18-10)12-2-3-13(15)21-12/h2-3,6,8-9,16H,4-5,7H2,1H3,(H,17,19). The summed E-state index contributed by atoms with van der Waals surface area (Å²) in [6.07, 6.45) is 0.929. The van der Waals surface area contributed by atoms with Gasteiger partial charge in [0.05, 0.1) is 9.21 Å². The third-order valence-electron chi connectivity index (χ3n) is 3.66. The molecule has 2 aromatic heterocycles. The van der Waals surface area contributed by atoms with E-state index in [1.165, 1.54) is 11.3 Å². The summed E-state index contributed by atoms with van der Waals surface area (Å²) in [7, 11) is 0. The number of halogens is 1. The lowest BCUT2D eigenvalue weighted by molar-refractivity contribution is 0.0905. The molecule has 2 atom stereocenters. The highest BCUT2D eigenvalue weighted by Crippen LogP contribution is 2.31. The van der Waals surface area contributed by atoms with Crippen LogP contribution in [0.4, 0.5) is 0 Å². The first-order chi connectivity index (χ1) is 10.1. The van der Waals surface area contributed by atoms with Crippen LogP contribution in [-0.2, 0) is 0 Å². The Labute approximate surface area is 131 Å². The van der Waals surface area contributed by atoms with E-state index in [4.69, 9.17) is 16.1 Å². The number of hydrogen-bond acceptors (Lipinski definition) is 5. The molecular weight excluding hydrogens is 310 g/mol. The smallest absolute Gasteiger partial charge is 0.273 e. The van der Waals surface area contributed by atoms with Crippen LogP contribution in [0.25, 0.3) is 10.6 Å². The molecule has 0 saturated carbocycles. The van der Waals surface area contributed by atoms with Crippen LogP contribution in [0.3, 0.4) is 0 Å². The van der Waals surface area contributed by atoms with E-state index in [1.807, 2.05) is 6.07 Å². The van der Waals surface area contributed by atoms with Gasteiger partial charge in [0.2, 0.25) is 0 Å². The predicted molar refractivity (Wildman–Crippen MR) is 82.7 cm³/mol. The number of nitrogens with zero attached hydrogens (tertiary/aromatic N) is 1. The fourth-order valence-electron chi connectivity index (χ4n) is 2.42. The number of aromatic nitrogens is 1. The molecule has 1 aliphatic rings. The van der Waals surface area contributed by atoms with E-state index in [0.717, 1.165) is 24.4 Å². The third-order valence-corrected chi connectivity index (χ3v) is 4.91. The Morgan fingerprint density at radius 2 is 2.43 bits per heavy atom. The largest absolute Gasteiger partial charge is 0.355 e. The molecule has 0 radical (unpaired) electrons. The first kappa shape index (κ1) is 14.6. The molecular formula is C14H16ClN3O2S. The van der Waals surface area contributed by atoms with E-state index in [0.29, 0.717) is 21.7 Å². The number of nitrogens with one attached hydrogen (secondary N) is 2. The Morgan fingerprint density at radius 3 is 3.14 bits per heavy atom. The monoisotopic (exact) mass is 325 g/mol. The minimum atomic E-state index is -0.189. The molecule has 2 N–H and O–H groups in total. The summed E-state index contributed by atoms with van der Waals surface area (Å²) in [6, 6.07) is 5.48. The zero-order valence-electron chi connectivity index (χ0n) is 11.6. The van der Waals surface area contributed by atoms with Gasteiger partial charge in [-0.15, -0.1) is 11.3 Å². The number of piperidine rings is 1. The van der Waals surface area contributed by atoms with Gasteiger partial charge in [0.25, 0.3) is 5.91 Å². The summed E-state index contributed by atoms with van der Waals surface area (Å²) in [5, 5.41) is 10.2. The number of carbonyl (C=O) groups excluding carboxylic acids is 1. The quantitative estimate of drug-likeness (QED) is 0.910. The van der Waals surface area contributed by atoms with Gasteiger partial charge in [-0.2, -0.15) is 0 Å². The van der Waals surface area contributed by atoms with E-state index in [9.17, 15) is 4.79 Å². The maximum Gasteiger partial charge on any atom is 0.273 e. The van der Waals surface area contributed by atoms with Crippen LogP contribution in [-0.4, -0.2) is 30.2 Å². The summed E-state index contributed by atoms with van der Waals surface area (Å²) >= 11 is 7.29. The average Bonchev–Trinajstić information content (AvgIpc) is 3.10. The first-order valence-corrected chi connectivity index (χ1v) is 8.07. The zero-order valence-corrected chi connectivity index (χ0v) is 13.1. The Morgan fingerprint density at radius 1 is 1.57 bits per heavy atom. The van der Waals surface area contributed by atoms with Crippen molar-refractivity contribution in [2.24, 2.45) is 5.92 Å². The average molecular weight is 326 g/mol. The fourth-order valence-corrected chi connectivity index (χ4v) is 3.41. The molecule has 5 nitrogen and oxygen atoms in total. The van der Waals surface area contributed by atoms with Crippen molar-refractivity contribution in [3.63, 3.8) is 0 Å². The molecule has 112 valence electrons. The second kappa shape index (κ2) is 6.17. The molecule has 1 fully saturated rings. The molecule has 0 bridgehead atoms. The molecule has 0 spiro atoms. The summed E-state index contributed by atoms with van der Waals surface area (Å²) in [5.41, 5.74) is 0.306. The van der Waals surface area contributed by atoms with Gasteiger partial charge in [-0.3, -0.25) is 4.79 Å². The molecule has 3 rings (SSSR count). The number of rotatable bonds is 3. The van der Waals surface area contributed by atoms with Gasteiger partial charge in [-0.25, -0.2) is 0 Å². The minimum absolute atomic E-state index is 0.176.